The van der Waals surface area contributed by atoms with E-state index in [1.165, 1.54) is 11.3 Å². The van der Waals surface area contributed by atoms with Crippen LogP contribution in [0.15, 0.2) is 29.6 Å². The highest BCUT2D eigenvalue weighted by atomic mass is 79.9. The van der Waals surface area contributed by atoms with E-state index in [1.54, 1.807) is 17.0 Å². The molecule has 2 heterocycles. The van der Waals surface area contributed by atoms with Gasteiger partial charge in [0.05, 0.1) is 5.69 Å². The summed E-state index contributed by atoms with van der Waals surface area (Å²) in [6.07, 6.45) is 0.522. The quantitative estimate of drug-likeness (QED) is 0.856. The Labute approximate surface area is 122 Å². The van der Waals surface area contributed by atoms with Crippen molar-refractivity contribution in [3.63, 3.8) is 0 Å². The highest BCUT2D eigenvalue weighted by Crippen LogP contribution is 2.31. The monoisotopic (exact) mass is 338 g/mol. The molecule has 1 N–H and O–H groups in total. The molecule has 4 nitrogen and oxygen atoms in total. The maximum absolute atomic E-state index is 11.8. The van der Waals surface area contributed by atoms with Crippen LogP contribution in [-0.2, 0) is 4.79 Å². The number of rotatable bonds is 2. The first-order valence-electron chi connectivity index (χ1n) is 5.83. The molecule has 0 saturated carbocycles. The van der Waals surface area contributed by atoms with E-state index < -0.39 is 0 Å². The summed E-state index contributed by atoms with van der Waals surface area (Å²) in [5, 5.41) is 11.9. The average molecular weight is 339 g/mol. The molecule has 1 aliphatic heterocycles. The summed E-state index contributed by atoms with van der Waals surface area (Å²) in [6, 6.07) is 6.88. The lowest BCUT2D eigenvalue weighted by atomic mass is 10.2. The topological polar surface area (TPSA) is 53.4 Å². The first kappa shape index (κ1) is 12.6. The number of aromatic nitrogens is 1. The molecule has 1 amide bonds. The van der Waals surface area contributed by atoms with Crippen molar-refractivity contribution < 1.29 is 9.90 Å². The maximum atomic E-state index is 11.8. The number of hydrogen-bond donors (Lipinski definition) is 1. The van der Waals surface area contributed by atoms with Gasteiger partial charge in [-0.3, -0.25) is 9.69 Å². The van der Waals surface area contributed by atoms with Crippen LogP contribution in [0.4, 0.5) is 5.13 Å². The van der Waals surface area contributed by atoms with Gasteiger partial charge < -0.3 is 5.11 Å². The van der Waals surface area contributed by atoms with Gasteiger partial charge in [0.15, 0.2) is 5.13 Å². The van der Waals surface area contributed by atoms with Crippen LogP contribution in [0.2, 0.25) is 0 Å². The van der Waals surface area contributed by atoms with E-state index in [0.29, 0.717) is 13.0 Å². The van der Waals surface area contributed by atoms with Gasteiger partial charge >= 0.3 is 0 Å². The Morgan fingerprint density at radius 1 is 1.37 bits per heavy atom. The molecule has 1 aromatic heterocycles. The van der Waals surface area contributed by atoms with Crippen molar-refractivity contribution in [2.75, 3.05) is 11.4 Å². The Balaban J connectivity index is 1.87. The second kappa shape index (κ2) is 4.94. The van der Waals surface area contributed by atoms with Crippen LogP contribution in [0.5, 0.6) is 5.75 Å². The number of benzene rings is 1. The Morgan fingerprint density at radius 3 is 2.74 bits per heavy atom. The van der Waals surface area contributed by atoms with Gasteiger partial charge in [0.1, 0.15) is 5.75 Å². The molecule has 1 saturated heterocycles. The molecule has 3 rings (SSSR count). The molecule has 0 aliphatic carbocycles. The van der Waals surface area contributed by atoms with E-state index >= 15 is 0 Å². The Hall–Kier alpha value is -1.40. The summed E-state index contributed by atoms with van der Waals surface area (Å²) in [4.78, 5) is 18.2. The summed E-state index contributed by atoms with van der Waals surface area (Å²) < 4.78 is 0. The molecular formula is C13H11BrN2O2S. The molecule has 1 fully saturated rings. The van der Waals surface area contributed by atoms with Gasteiger partial charge in [-0.25, -0.2) is 4.98 Å². The minimum absolute atomic E-state index is 0.105. The van der Waals surface area contributed by atoms with Crippen molar-refractivity contribution in [3.8, 4) is 17.0 Å². The number of carbonyl (C=O) groups excluding carboxylic acids is 1. The highest BCUT2D eigenvalue weighted by molar-refractivity contribution is 9.09. The summed E-state index contributed by atoms with van der Waals surface area (Å²) >= 11 is 4.92. The molecule has 2 aromatic rings. The molecule has 0 bridgehead atoms. The third-order valence-corrected chi connectivity index (χ3v) is 4.44. The van der Waals surface area contributed by atoms with Gasteiger partial charge in [0, 0.05) is 28.7 Å². The van der Waals surface area contributed by atoms with Crippen LogP contribution in [0.1, 0.15) is 6.42 Å². The molecule has 1 aliphatic rings. The standard InChI is InChI=1S/C13H11BrN2O2S/c14-9-5-12(18)16(6-9)13-15-11(7-19-13)8-1-3-10(17)4-2-8/h1-4,7,9,17H,5-6H2. The zero-order valence-corrected chi connectivity index (χ0v) is 12.3. The predicted octanol–water partition coefficient (Wildman–Crippen LogP) is 3.02. The first-order chi connectivity index (χ1) is 9.13. The Bertz CT molecular complexity index is 611. The third kappa shape index (κ3) is 2.50. The van der Waals surface area contributed by atoms with Gasteiger partial charge in [0.2, 0.25) is 5.91 Å². The number of aromatic hydroxyl groups is 1. The smallest absolute Gasteiger partial charge is 0.230 e. The summed E-state index contributed by atoms with van der Waals surface area (Å²) in [7, 11) is 0. The maximum Gasteiger partial charge on any atom is 0.230 e. The van der Waals surface area contributed by atoms with Crippen molar-refractivity contribution in [1.82, 2.24) is 4.98 Å². The molecular weight excluding hydrogens is 328 g/mol. The lowest BCUT2D eigenvalue weighted by molar-refractivity contribution is -0.117. The van der Waals surface area contributed by atoms with Crippen molar-refractivity contribution in [3.05, 3.63) is 29.6 Å². The second-order valence-electron chi connectivity index (χ2n) is 4.37. The molecule has 1 aromatic carbocycles. The molecule has 0 radical (unpaired) electrons. The molecule has 19 heavy (non-hydrogen) atoms. The van der Waals surface area contributed by atoms with Gasteiger partial charge in [0.25, 0.3) is 0 Å². The van der Waals surface area contributed by atoms with Gasteiger partial charge in [-0.15, -0.1) is 11.3 Å². The normalized spacial score (nSPS) is 19.1. The van der Waals surface area contributed by atoms with Crippen LogP contribution in [0.3, 0.4) is 0 Å². The number of halogens is 1. The summed E-state index contributed by atoms with van der Waals surface area (Å²) in [6.45, 7) is 0.668. The van der Waals surface area contributed by atoms with E-state index in [1.807, 2.05) is 17.5 Å². The minimum atomic E-state index is 0.105. The number of phenolic OH excluding ortho intramolecular Hbond substituents is 1. The fourth-order valence-electron chi connectivity index (χ4n) is 2.00. The van der Waals surface area contributed by atoms with Crippen LogP contribution < -0.4 is 4.90 Å². The first-order valence-corrected chi connectivity index (χ1v) is 7.62. The molecule has 1 atom stereocenters. The zero-order valence-electron chi connectivity index (χ0n) is 9.91. The van der Waals surface area contributed by atoms with Crippen molar-refractivity contribution in [2.45, 2.75) is 11.2 Å². The van der Waals surface area contributed by atoms with Crippen LogP contribution >= 0.6 is 27.3 Å². The number of alkyl halides is 1. The van der Waals surface area contributed by atoms with Crippen molar-refractivity contribution >= 4 is 38.3 Å². The van der Waals surface area contributed by atoms with E-state index in [0.717, 1.165) is 16.4 Å². The molecule has 0 spiro atoms. The van der Waals surface area contributed by atoms with Crippen molar-refractivity contribution in [1.29, 1.82) is 0 Å². The number of amides is 1. The number of phenols is 1. The van der Waals surface area contributed by atoms with Gasteiger partial charge in [-0.05, 0) is 24.3 Å². The minimum Gasteiger partial charge on any atom is -0.508 e. The fourth-order valence-corrected chi connectivity index (χ4v) is 3.43. The Morgan fingerprint density at radius 2 is 2.11 bits per heavy atom. The number of nitrogens with zero attached hydrogens (tertiary/aromatic N) is 2. The number of thiazole rings is 1. The van der Waals surface area contributed by atoms with Crippen LogP contribution in [0.25, 0.3) is 11.3 Å². The van der Waals surface area contributed by atoms with Crippen LogP contribution in [-0.4, -0.2) is 27.4 Å². The fraction of sp³-hybridized carbons (Fsp3) is 0.231. The number of anilines is 1. The van der Waals surface area contributed by atoms with Crippen molar-refractivity contribution in [2.24, 2.45) is 0 Å². The zero-order chi connectivity index (χ0) is 13.4. The summed E-state index contributed by atoms with van der Waals surface area (Å²) in [5.41, 5.74) is 1.76. The van der Waals surface area contributed by atoms with Gasteiger partial charge in [-0.2, -0.15) is 0 Å². The molecule has 6 heteroatoms. The van der Waals surface area contributed by atoms with E-state index in [4.69, 9.17) is 0 Å². The van der Waals surface area contributed by atoms with E-state index in [2.05, 4.69) is 20.9 Å². The second-order valence-corrected chi connectivity index (χ2v) is 6.50. The van der Waals surface area contributed by atoms with Crippen LogP contribution in [0, 0.1) is 0 Å². The molecule has 1 unspecified atom stereocenters. The number of carbonyl (C=O) groups is 1. The number of hydrogen-bond acceptors (Lipinski definition) is 4. The predicted molar refractivity (Wildman–Crippen MR) is 78.9 cm³/mol. The highest BCUT2D eigenvalue weighted by Gasteiger charge is 2.30. The van der Waals surface area contributed by atoms with E-state index in [-0.39, 0.29) is 16.5 Å². The summed E-state index contributed by atoms with van der Waals surface area (Å²) in [5.74, 6) is 0.338. The average Bonchev–Trinajstić information content (AvgIpc) is 2.97. The lowest BCUT2D eigenvalue weighted by Gasteiger charge is -2.10. The Kier molecular flexibility index (Phi) is 3.28. The third-order valence-electron chi connectivity index (χ3n) is 2.96. The van der Waals surface area contributed by atoms with E-state index in [9.17, 15) is 9.90 Å². The molecule has 98 valence electrons. The largest absolute Gasteiger partial charge is 0.508 e. The van der Waals surface area contributed by atoms with Gasteiger partial charge in [-0.1, -0.05) is 15.9 Å². The SMILES string of the molecule is O=C1CC(Br)CN1c1nc(-c2ccc(O)cc2)cs1. The lowest BCUT2D eigenvalue weighted by Crippen LogP contribution is -2.24.